The summed E-state index contributed by atoms with van der Waals surface area (Å²) in [6.45, 7) is 0.884. The fraction of sp³-hybridized carbons (Fsp3) is 0.571. The third-order valence-corrected chi connectivity index (χ3v) is 1.07. The summed E-state index contributed by atoms with van der Waals surface area (Å²) in [7, 11) is 0. The van der Waals surface area contributed by atoms with E-state index in [-0.39, 0.29) is 6.61 Å². The minimum Gasteiger partial charge on any atom is -0.478 e. The highest BCUT2D eigenvalue weighted by Gasteiger charge is 1.85. The number of rotatable bonds is 6. The van der Waals surface area contributed by atoms with E-state index in [1.54, 1.807) is 0 Å². The van der Waals surface area contributed by atoms with E-state index in [1.165, 1.54) is 6.20 Å². The maximum absolute atomic E-state index is 9.92. The van der Waals surface area contributed by atoms with Crippen molar-refractivity contribution >= 4 is 5.97 Å². The highest BCUT2D eigenvalue weighted by molar-refractivity contribution is 5.79. The molecule has 0 aromatic rings. The van der Waals surface area contributed by atoms with E-state index in [2.05, 4.69) is 5.32 Å². The molecular weight excluding hydrogens is 146 g/mol. The third-order valence-electron chi connectivity index (χ3n) is 1.07. The van der Waals surface area contributed by atoms with Gasteiger partial charge in [-0.05, 0) is 12.8 Å². The number of carbonyl (C=O) groups is 1. The standard InChI is InChI=1S/C7H13NO3/c9-6-2-1-4-8-5-3-7(10)11/h3,5,8-9H,1-2,4,6H2,(H,10,11)/b5-3+. The molecule has 0 bridgehead atoms. The van der Waals surface area contributed by atoms with Gasteiger partial charge in [-0.15, -0.1) is 0 Å². The number of carboxylic acid groups (broad SMARTS) is 1. The Bertz CT molecular complexity index is 134. The largest absolute Gasteiger partial charge is 0.478 e. The molecule has 11 heavy (non-hydrogen) atoms. The first-order chi connectivity index (χ1) is 5.27. The van der Waals surface area contributed by atoms with Crippen LogP contribution >= 0.6 is 0 Å². The molecule has 0 fully saturated rings. The van der Waals surface area contributed by atoms with Crippen LogP contribution in [0.1, 0.15) is 12.8 Å². The van der Waals surface area contributed by atoms with Gasteiger partial charge in [0.05, 0.1) is 0 Å². The van der Waals surface area contributed by atoms with Crippen molar-refractivity contribution in [1.29, 1.82) is 0 Å². The zero-order valence-corrected chi connectivity index (χ0v) is 6.29. The summed E-state index contributed by atoms with van der Waals surface area (Å²) in [5.74, 6) is -0.959. The minimum absolute atomic E-state index is 0.185. The number of aliphatic carboxylic acids is 1. The Labute approximate surface area is 65.5 Å². The molecule has 0 unspecified atom stereocenters. The van der Waals surface area contributed by atoms with Gasteiger partial charge in [-0.2, -0.15) is 0 Å². The molecular formula is C7H13NO3. The normalized spacial score (nSPS) is 10.3. The number of aliphatic hydroxyl groups excluding tert-OH is 1. The maximum atomic E-state index is 9.92. The number of unbranched alkanes of at least 4 members (excludes halogenated alkanes) is 1. The molecule has 64 valence electrons. The Balaban J connectivity index is 3.07. The second-order valence-electron chi connectivity index (χ2n) is 2.06. The van der Waals surface area contributed by atoms with Crippen LogP contribution in [0.3, 0.4) is 0 Å². The molecule has 3 N–H and O–H groups in total. The predicted molar refractivity (Wildman–Crippen MR) is 41.1 cm³/mol. The van der Waals surface area contributed by atoms with Crippen molar-refractivity contribution in [3.63, 3.8) is 0 Å². The first kappa shape index (κ1) is 9.97. The van der Waals surface area contributed by atoms with E-state index in [9.17, 15) is 4.79 Å². The molecule has 0 aromatic heterocycles. The van der Waals surface area contributed by atoms with Crippen LogP contribution < -0.4 is 5.32 Å². The van der Waals surface area contributed by atoms with Gasteiger partial charge in [0.2, 0.25) is 0 Å². The van der Waals surface area contributed by atoms with Gasteiger partial charge in [0.1, 0.15) is 0 Å². The minimum atomic E-state index is -0.959. The van der Waals surface area contributed by atoms with Crippen molar-refractivity contribution in [2.24, 2.45) is 0 Å². The van der Waals surface area contributed by atoms with E-state index in [0.717, 1.165) is 18.9 Å². The van der Waals surface area contributed by atoms with Gasteiger partial charge in [-0.25, -0.2) is 4.79 Å². The Kier molecular flexibility index (Phi) is 6.42. The topological polar surface area (TPSA) is 69.6 Å². The lowest BCUT2D eigenvalue weighted by molar-refractivity contribution is -0.131. The number of nitrogens with one attached hydrogen (secondary N) is 1. The summed E-state index contributed by atoms with van der Waals surface area (Å²) in [5.41, 5.74) is 0. The van der Waals surface area contributed by atoms with Crippen LogP contribution in [-0.2, 0) is 4.79 Å². The predicted octanol–water partition coefficient (Wildman–Crippen LogP) is -0.0532. The fourth-order valence-electron chi connectivity index (χ4n) is 0.552. The highest BCUT2D eigenvalue weighted by Crippen LogP contribution is 1.83. The van der Waals surface area contributed by atoms with E-state index < -0.39 is 5.97 Å². The van der Waals surface area contributed by atoms with Crippen molar-refractivity contribution < 1.29 is 15.0 Å². The SMILES string of the molecule is O=C(O)/C=C/NCCCCO. The molecule has 0 heterocycles. The lowest BCUT2D eigenvalue weighted by atomic mass is 10.3. The average molecular weight is 159 g/mol. The van der Waals surface area contributed by atoms with Gasteiger partial charge in [0, 0.05) is 25.4 Å². The summed E-state index contributed by atoms with van der Waals surface area (Å²) in [6, 6.07) is 0. The molecule has 0 amide bonds. The van der Waals surface area contributed by atoms with Gasteiger partial charge in [-0.1, -0.05) is 0 Å². The first-order valence-corrected chi connectivity index (χ1v) is 3.51. The van der Waals surface area contributed by atoms with Crippen LogP contribution in [0.5, 0.6) is 0 Å². The van der Waals surface area contributed by atoms with Gasteiger partial charge < -0.3 is 15.5 Å². The molecule has 0 aromatic carbocycles. The van der Waals surface area contributed by atoms with Gasteiger partial charge in [0.25, 0.3) is 0 Å². The van der Waals surface area contributed by atoms with E-state index >= 15 is 0 Å². The van der Waals surface area contributed by atoms with Crippen molar-refractivity contribution in [2.45, 2.75) is 12.8 Å². The number of aliphatic hydroxyl groups is 1. The number of hydrogen-bond donors (Lipinski definition) is 3. The number of carboxylic acids is 1. The molecule has 0 saturated carbocycles. The molecule has 0 spiro atoms. The summed E-state index contributed by atoms with van der Waals surface area (Å²) in [5, 5.41) is 19.3. The summed E-state index contributed by atoms with van der Waals surface area (Å²) in [6.07, 6.45) is 4.02. The molecule has 0 radical (unpaired) electrons. The van der Waals surface area contributed by atoms with Crippen LogP contribution in [-0.4, -0.2) is 29.3 Å². The zero-order chi connectivity index (χ0) is 8.53. The summed E-state index contributed by atoms with van der Waals surface area (Å²) >= 11 is 0. The fourth-order valence-corrected chi connectivity index (χ4v) is 0.552. The van der Waals surface area contributed by atoms with Crippen molar-refractivity contribution in [2.75, 3.05) is 13.2 Å². The smallest absolute Gasteiger partial charge is 0.329 e. The molecule has 0 aliphatic heterocycles. The molecule has 4 nitrogen and oxygen atoms in total. The Morgan fingerprint density at radius 1 is 1.45 bits per heavy atom. The van der Waals surface area contributed by atoms with Crippen molar-refractivity contribution in [1.82, 2.24) is 5.32 Å². The second-order valence-corrected chi connectivity index (χ2v) is 2.06. The first-order valence-electron chi connectivity index (χ1n) is 3.51. The lowest BCUT2D eigenvalue weighted by Gasteiger charge is -1.96. The van der Waals surface area contributed by atoms with Crippen LogP contribution in [0.4, 0.5) is 0 Å². The van der Waals surface area contributed by atoms with E-state index in [0.29, 0.717) is 6.54 Å². The average Bonchev–Trinajstić information content (AvgIpc) is 1.96. The molecule has 4 heteroatoms. The highest BCUT2D eigenvalue weighted by atomic mass is 16.4. The number of hydrogen-bond acceptors (Lipinski definition) is 3. The quantitative estimate of drug-likeness (QED) is 0.375. The van der Waals surface area contributed by atoms with Crippen LogP contribution in [0.2, 0.25) is 0 Å². The molecule has 0 aliphatic rings. The van der Waals surface area contributed by atoms with Crippen molar-refractivity contribution in [3.8, 4) is 0 Å². The summed E-state index contributed by atoms with van der Waals surface area (Å²) < 4.78 is 0. The van der Waals surface area contributed by atoms with E-state index in [4.69, 9.17) is 10.2 Å². The summed E-state index contributed by atoms with van der Waals surface area (Å²) in [4.78, 5) is 9.92. The van der Waals surface area contributed by atoms with Crippen LogP contribution in [0.15, 0.2) is 12.3 Å². The monoisotopic (exact) mass is 159 g/mol. The van der Waals surface area contributed by atoms with Gasteiger partial charge >= 0.3 is 5.97 Å². The van der Waals surface area contributed by atoms with E-state index in [1.807, 2.05) is 0 Å². The molecule has 0 atom stereocenters. The molecule has 0 aliphatic carbocycles. The van der Waals surface area contributed by atoms with Crippen LogP contribution in [0, 0.1) is 0 Å². The Morgan fingerprint density at radius 2 is 2.18 bits per heavy atom. The Morgan fingerprint density at radius 3 is 2.73 bits per heavy atom. The van der Waals surface area contributed by atoms with Gasteiger partial charge in [-0.3, -0.25) is 0 Å². The second kappa shape index (κ2) is 7.08. The Hall–Kier alpha value is -1.03. The maximum Gasteiger partial charge on any atom is 0.329 e. The van der Waals surface area contributed by atoms with Gasteiger partial charge in [0.15, 0.2) is 0 Å². The molecule has 0 rings (SSSR count). The lowest BCUT2D eigenvalue weighted by Crippen LogP contribution is -2.08. The van der Waals surface area contributed by atoms with Crippen molar-refractivity contribution in [3.05, 3.63) is 12.3 Å². The zero-order valence-electron chi connectivity index (χ0n) is 6.29. The third kappa shape index (κ3) is 8.97. The molecule has 0 saturated heterocycles. The van der Waals surface area contributed by atoms with Crippen LogP contribution in [0.25, 0.3) is 0 Å².